The monoisotopic (exact) mass is 409 g/mol. The van der Waals surface area contributed by atoms with Crippen LogP contribution in [0.4, 0.5) is 5.69 Å². The maximum Gasteiger partial charge on any atom is 0.313 e. The van der Waals surface area contributed by atoms with E-state index in [9.17, 15) is 14.4 Å². The fraction of sp³-hybridized carbons (Fsp3) is 0.364. The maximum atomic E-state index is 12.6. The molecule has 3 N–H and O–H groups in total. The highest BCUT2D eigenvalue weighted by Gasteiger charge is 2.25. The molecular formula is C22H27N5O3. The summed E-state index contributed by atoms with van der Waals surface area (Å²) in [6.45, 7) is 4.80. The second kappa shape index (κ2) is 10.5. The normalized spacial score (nSPS) is 16.1. The van der Waals surface area contributed by atoms with Crippen LogP contribution in [0.2, 0.25) is 0 Å². The van der Waals surface area contributed by atoms with Gasteiger partial charge in [0.25, 0.3) is 5.91 Å². The highest BCUT2D eigenvalue weighted by Crippen LogP contribution is 2.16. The van der Waals surface area contributed by atoms with E-state index in [0.29, 0.717) is 24.3 Å². The number of nitrogens with one attached hydrogen (secondary N) is 3. The first-order valence-corrected chi connectivity index (χ1v) is 10.2. The molecule has 1 aliphatic rings. The number of nitrogens with zero attached hydrogens (tertiary/aromatic N) is 2. The van der Waals surface area contributed by atoms with Crippen LogP contribution in [0.3, 0.4) is 0 Å². The minimum atomic E-state index is -0.787. The first-order chi connectivity index (χ1) is 14.6. The zero-order valence-corrected chi connectivity index (χ0v) is 17.1. The smallest absolute Gasteiger partial charge is 0.313 e. The fourth-order valence-electron chi connectivity index (χ4n) is 3.58. The summed E-state index contributed by atoms with van der Waals surface area (Å²) in [6, 6.07) is 10.5. The Morgan fingerprint density at radius 1 is 1.07 bits per heavy atom. The molecule has 8 heteroatoms. The van der Waals surface area contributed by atoms with Gasteiger partial charge in [-0.05, 0) is 55.8 Å². The second-order valence-corrected chi connectivity index (χ2v) is 7.17. The molecule has 0 spiro atoms. The van der Waals surface area contributed by atoms with Crippen molar-refractivity contribution in [1.82, 2.24) is 20.5 Å². The molecule has 0 aliphatic carbocycles. The quantitative estimate of drug-likeness (QED) is 0.602. The molecular weight excluding hydrogens is 382 g/mol. The summed E-state index contributed by atoms with van der Waals surface area (Å²) >= 11 is 0. The Kier molecular flexibility index (Phi) is 7.51. The van der Waals surface area contributed by atoms with Gasteiger partial charge in [-0.1, -0.05) is 19.1 Å². The Morgan fingerprint density at radius 3 is 2.60 bits per heavy atom. The zero-order chi connectivity index (χ0) is 21.3. The molecule has 0 bridgehead atoms. The predicted octanol–water partition coefficient (Wildman–Crippen LogP) is 1.55. The van der Waals surface area contributed by atoms with E-state index < -0.39 is 11.8 Å². The summed E-state index contributed by atoms with van der Waals surface area (Å²) in [5.41, 5.74) is 1.49. The molecule has 1 aromatic heterocycles. The fourth-order valence-corrected chi connectivity index (χ4v) is 3.58. The number of benzene rings is 1. The molecule has 3 amide bonds. The molecule has 3 rings (SSSR count). The predicted molar refractivity (Wildman–Crippen MR) is 114 cm³/mol. The van der Waals surface area contributed by atoms with Crippen LogP contribution >= 0.6 is 0 Å². The van der Waals surface area contributed by atoms with E-state index in [4.69, 9.17) is 0 Å². The van der Waals surface area contributed by atoms with Crippen molar-refractivity contribution in [2.75, 3.05) is 25.0 Å². The molecule has 1 aromatic carbocycles. The van der Waals surface area contributed by atoms with Gasteiger partial charge >= 0.3 is 11.8 Å². The lowest BCUT2D eigenvalue weighted by Crippen LogP contribution is -2.43. The van der Waals surface area contributed by atoms with Gasteiger partial charge in [0.2, 0.25) is 0 Å². The SMILES string of the molecule is CCN1CCC[C@@H]1CNC(=O)C(=O)Nc1ccccc1C(=O)NCc1ccncc1. The van der Waals surface area contributed by atoms with Gasteiger partial charge in [-0.2, -0.15) is 0 Å². The van der Waals surface area contributed by atoms with Crippen molar-refractivity contribution >= 4 is 23.4 Å². The number of carbonyl (C=O) groups is 3. The van der Waals surface area contributed by atoms with E-state index in [0.717, 1.165) is 31.5 Å². The van der Waals surface area contributed by atoms with Crippen molar-refractivity contribution in [2.24, 2.45) is 0 Å². The van der Waals surface area contributed by atoms with Crippen molar-refractivity contribution in [3.8, 4) is 0 Å². The first-order valence-electron chi connectivity index (χ1n) is 10.2. The van der Waals surface area contributed by atoms with Gasteiger partial charge in [0.05, 0.1) is 11.3 Å². The molecule has 2 aromatic rings. The third-order valence-electron chi connectivity index (χ3n) is 5.23. The molecule has 158 valence electrons. The van der Waals surface area contributed by atoms with Gasteiger partial charge in [-0.25, -0.2) is 0 Å². The first kappa shape index (κ1) is 21.4. The Bertz CT molecular complexity index is 887. The van der Waals surface area contributed by atoms with Crippen molar-refractivity contribution < 1.29 is 14.4 Å². The molecule has 30 heavy (non-hydrogen) atoms. The van der Waals surface area contributed by atoms with Crippen molar-refractivity contribution in [3.63, 3.8) is 0 Å². The van der Waals surface area contributed by atoms with Crippen LogP contribution in [0, 0.1) is 0 Å². The topological polar surface area (TPSA) is 103 Å². The lowest BCUT2D eigenvalue weighted by atomic mass is 10.1. The number of anilines is 1. The lowest BCUT2D eigenvalue weighted by molar-refractivity contribution is -0.136. The van der Waals surface area contributed by atoms with E-state index in [-0.39, 0.29) is 11.9 Å². The average Bonchev–Trinajstić information content (AvgIpc) is 3.24. The van der Waals surface area contributed by atoms with Crippen LogP contribution in [-0.2, 0) is 16.1 Å². The number of hydrogen-bond acceptors (Lipinski definition) is 5. The summed E-state index contributed by atoms with van der Waals surface area (Å²) in [5, 5.41) is 8.07. The highest BCUT2D eigenvalue weighted by atomic mass is 16.2. The summed E-state index contributed by atoms with van der Waals surface area (Å²) in [5.74, 6) is -1.83. The van der Waals surface area contributed by atoms with E-state index in [1.54, 1.807) is 36.7 Å². The molecule has 1 fully saturated rings. The van der Waals surface area contributed by atoms with Crippen molar-refractivity contribution in [3.05, 3.63) is 59.9 Å². The summed E-state index contributed by atoms with van der Waals surface area (Å²) in [4.78, 5) is 43.4. The van der Waals surface area contributed by atoms with Gasteiger partial charge in [-0.15, -0.1) is 0 Å². The number of hydrogen-bond donors (Lipinski definition) is 3. The number of likely N-dealkylation sites (tertiary alicyclic amines) is 1. The summed E-state index contributed by atoms with van der Waals surface area (Å²) in [7, 11) is 0. The summed E-state index contributed by atoms with van der Waals surface area (Å²) in [6.07, 6.45) is 5.41. The standard InChI is InChI=1S/C22H27N5O3/c1-2-27-13-5-6-17(27)15-25-21(29)22(30)26-19-8-4-3-7-18(19)20(28)24-14-16-9-11-23-12-10-16/h3-4,7-12,17H,2,5-6,13-15H2,1H3,(H,24,28)(H,25,29)(H,26,30)/t17-/m1/s1. The third kappa shape index (κ3) is 5.64. The number of aromatic nitrogens is 1. The number of rotatable bonds is 7. The molecule has 2 heterocycles. The van der Waals surface area contributed by atoms with Crippen molar-refractivity contribution in [1.29, 1.82) is 0 Å². The third-order valence-corrected chi connectivity index (χ3v) is 5.23. The second-order valence-electron chi connectivity index (χ2n) is 7.17. The maximum absolute atomic E-state index is 12.6. The Hall–Kier alpha value is -3.26. The minimum Gasteiger partial charge on any atom is -0.348 e. The molecule has 0 saturated carbocycles. The van der Waals surface area contributed by atoms with E-state index in [1.807, 2.05) is 12.1 Å². The Morgan fingerprint density at radius 2 is 1.83 bits per heavy atom. The van der Waals surface area contributed by atoms with Crippen LogP contribution in [-0.4, -0.2) is 53.3 Å². The Labute approximate surface area is 176 Å². The number of amides is 3. The molecule has 8 nitrogen and oxygen atoms in total. The number of pyridine rings is 1. The molecule has 1 saturated heterocycles. The summed E-state index contributed by atoms with van der Waals surface area (Å²) < 4.78 is 0. The van der Waals surface area contributed by atoms with Crippen LogP contribution in [0.25, 0.3) is 0 Å². The Balaban J connectivity index is 1.56. The highest BCUT2D eigenvalue weighted by molar-refractivity contribution is 6.40. The molecule has 1 atom stereocenters. The van der Waals surface area contributed by atoms with Crippen LogP contribution in [0.15, 0.2) is 48.8 Å². The van der Waals surface area contributed by atoms with Gasteiger partial charge in [-0.3, -0.25) is 24.3 Å². The average molecular weight is 409 g/mol. The molecule has 1 aliphatic heterocycles. The number of carbonyl (C=O) groups excluding carboxylic acids is 3. The van der Waals surface area contributed by atoms with Gasteiger partial charge < -0.3 is 16.0 Å². The van der Waals surface area contributed by atoms with E-state index >= 15 is 0 Å². The van der Waals surface area contributed by atoms with Gasteiger partial charge in [0, 0.05) is 31.5 Å². The molecule has 0 unspecified atom stereocenters. The molecule has 0 radical (unpaired) electrons. The van der Waals surface area contributed by atoms with Gasteiger partial charge in [0.1, 0.15) is 0 Å². The number of likely N-dealkylation sites (N-methyl/N-ethyl adjacent to an activating group) is 1. The zero-order valence-electron chi connectivity index (χ0n) is 17.1. The minimum absolute atomic E-state index is 0.262. The lowest BCUT2D eigenvalue weighted by Gasteiger charge is -2.22. The number of para-hydroxylation sites is 1. The van der Waals surface area contributed by atoms with Crippen LogP contribution < -0.4 is 16.0 Å². The van der Waals surface area contributed by atoms with Crippen molar-refractivity contribution in [2.45, 2.75) is 32.4 Å². The van der Waals surface area contributed by atoms with Gasteiger partial charge in [0.15, 0.2) is 0 Å². The van der Waals surface area contributed by atoms with E-state index in [2.05, 4.69) is 32.8 Å². The largest absolute Gasteiger partial charge is 0.348 e. The van der Waals surface area contributed by atoms with Crippen LogP contribution in [0.5, 0.6) is 0 Å². The van der Waals surface area contributed by atoms with E-state index in [1.165, 1.54) is 0 Å². The van der Waals surface area contributed by atoms with Crippen LogP contribution in [0.1, 0.15) is 35.7 Å².